The minimum atomic E-state index is -0.164. The summed E-state index contributed by atoms with van der Waals surface area (Å²) in [5.41, 5.74) is -0.164. The molecule has 0 N–H and O–H groups in total. The number of rotatable bonds is 2. The summed E-state index contributed by atoms with van der Waals surface area (Å²) in [6.45, 7) is 8.86. The van der Waals surface area contributed by atoms with Crippen LogP contribution in [0, 0.1) is 5.41 Å². The molecule has 1 fully saturated rings. The maximum Gasteiger partial charge on any atom is 0.152 e. The molecule has 0 spiro atoms. The number of halogens is 1. The molecule has 0 amide bonds. The number of Topliss-reactive ketones (excluding diaryl/α,β-unsaturated/α-hetero) is 1. The second-order valence-corrected chi connectivity index (χ2v) is 4.66. The lowest BCUT2D eigenvalue weighted by Gasteiger charge is -2.21. The highest BCUT2D eigenvalue weighted by molar-refractivity contribution is 8.93. The Bertz CT molecular complexity index is 168. The van der Waals surface area contributed by atoms with Gasteiger partial charge in [-0.05, 0) is 25.9 Å². The van der Waals surface area contributed by atoms with Crippen LogP contribution in [0.4, 0.5) is 0 Å². The number of likely N-dealkylation sites (tertiary alicyclic amines) is 1. The second kappa shape index (κ2) is 5.11. The molecule has 13 heavy (non-hydrogen) atoms. The normalized spacial score (nSPS) is 18.4. The van der Waals surface area contributed by atoms with Gasteiger partial charge in [-0.15, -0.1) is 17.0 Å². The van der Waals surface area contributed by atoms with Crippen LogP contribution in [0.15, 0.2) is 0 Å². The number of ketones is 1. The van der Waals surface area contributed by atoms with Crippen LogP contribution < -0.4 is 0 Å². The quantitative estimate of drug-likeness (QED) is 0.749. The average Bonchev–Trinajstić information content (AvgIpc) is 2.37. The van der Waals surface area contributed by atoms with E-state index in [0.29, 0.717) is 12.3 Å². The molecule has 0 bridgehead atoms. The first-order chi connectivity index (χ1) is 5.50. The molecule has 1 saturated heterocycles. The van der Waals surface area contributed by atoms with E-state index in [1.807, 2.05) is 20.8 Å². The number of carbonyl (C=O) groups is 1. The zero-order valence-corrected chi connectivity index (χ0v) is 10.5. The van der Waals surface area contributed by atoms with Crippen molar-refractivity contribution in [2.75, 3.05) is 19.6 Å². The molecule has 3 heteroatoms. The lowest BCUT2D eigenvalue weighted by atomic mass is 9.90. The highest BCUT2D eigenvalue weighted by Crippen LogP contribution is 2.16. The van der Waals surface area contributed by atoms with E-state index in [0.717, 1.165) is 13.1 Å². The van der Waals surface area contributed by atoms with Crippen molar-refractivity contribution < 1.29 is 4.79 Å². The first-order valence-corrected chi connectivity index (χ1v) is 4.76. The van der Waals surface area contributed by atoms with E-state index < -0.39 is 0 Å². The van der Waals surface area contributed by atoms with Gasteiger partial charge in [0.1, 0.15) is 0 Å². The van der Waals surface area contributed by atoms with Gasteiger partial charge in [0.05, 0.1) is 6.54 Å². The molecule has 0 unspecified atom stereocenters. The Morgan fingerprint density at radius 2 is 1.69 bits per heavy atom. The predicted molar refractivity (Wildman–Crippen MR) is 60.5 cm³/mol. The third-order valence-corrected chi connectivity index (χ3v) is 2.40. The number of carbonyl (C=O) groups excluding carboxylic acids is 1. The Hall–Kier alpha value is 0.110. The van der Waals surface area contributed by atoms with Crippen molar-refractivity contribution in [3.63, 3.8) is 0 Å². The predicted octanol–water partition coefficient (Wildman–Crippen LogP) is 2.28. The Morgan fingerprint density at radius 3 is 2.08 bits per heavy atom. The Labute approximate surface area is 91.5 Å². The van der Waals surface area contributed by atoms with Crippen molar-refractivity contribution in [1.82, 2.24) is 4.90 Å². The molecule has 1 rings (SSSR count). The van der Waals surface area contributed by atoms with Gasteiger partial charge >= 0.3 is 0 Å². The monoisotopic (exact) mass is 249 g/mol. The van der Waals surface area contributed by atoms with Gasteiger partial charge in [-0.2, -0.15) is 0 Å². The summed E-state index contributed by atoms with van der Waals surface area (Å²) in [5, 5.41) is 0. The van der Waals surface area contributed by atoms with Gasteiger partial charge in [-0.3, -0.25) is 9.69 Å². The van der Waals surface area contributed by atoms with Crippen molar-refractivity contribution in [3.05, 3.63) is 0 Å². The third-order valence-electron chi connectivity index (χ3n) is 2.40. The molecule has 0 atom stereocenters. The highest BCUT2D eigenvalue weighted by Gasteiger charge is 2.24. The van der Waals surface area contributed by atoms with Gasteiger partial charge in [0.15, 0.2) is 5.78 Å². The van der Waals surface area contributed by atoms with Crippen LogP contribution in [-0.4, -0.2) is 30.3 Å². The lowest BCUT2D eigenvalue weighted by Crippen LogP contribution is -2.34. The maximum absolute atomic E-state index is 11.6. The van der Waals surface area contributed by atoms with Crippen LogP contribution in [0.3, 0.4) is 0 Å². The molecule has 0 saturated carbocycles. The molecule has 0 aromatic carbocycles. The van der Waals surface area contributed by atoms with Gasteiger partial charge in [0, 0.05) is 5.41 Å². The average molecular weight is 250 g/mol. The van der Waals surface area contributed by atoms with E-state index in [-0.39, 0.29) is 22.4 Å². The zero-order valence-electron chi connectivity index (χ0n) is 8.80. The van der Waals surface area contributed by atoms with Crippen LogP contribution in [0.2, 0.25) is 0 Å². The fraction of sp³-hybridized carbons (Fsp3) is 0.900. The van der Waals surface area contributed by atoms with Gasteiger partial charge in [0.2, 0.25) is 0 Å². The summed E-state index contributed by atoms with van der Waals surface area (Å²) in [5.74, 6) is 0.365. The summed E-state index contributed by atoms with van der Waals surface area (Å²) < 4.78 is 0. The molecule has 78 valence electrons. The van der Waals surface area contributed by atoms with E-state index >= 15 is 0 Å². The number of hydrogen-bond donors (Lipinski definition) is 0. The van der Waals surface area contributed by atoms with Crippen molar-refractivity contribution in [3.8, 4) is 0 Å². The van der Waals surface area contributed by atoms with Crippen LogP contribution in [0.1, 0.15) is 33.6 Å². The fourth-order valence-electron chi connectivity index (χ4n) is 1.38. The van der Waals surface area contributed by atoms with Crippen molar-refractivity contribution in [2.45, 2.75) is 33.6 Å². The van der Waals surface area contributed by atoms with Crippen molar-refractivity contribution in [2.24, 2.45) is 5.41 Å². The third kappa shape index (κ3) is 4.23. The first-order valence-electron chi connectivity index (χ1n) is 4.76. The van der Waals surface area contributed by atoms with Crippen LogP contribution >= 0.6 is 17.0 Å². The summed E-state index contributed by atoms with van der Waals surface area (Å²) in [6, 6.07) is 0. The largest absolute Gasteiger partial charge is 0.298 e. The molecule has 1 aliphatic heterocycles. The SMILES string of the molecule is Br.CC(C)(C)C(=O)CN1CCCC1. The van der Waals surface area contributed by atoms with E-state index in [2.05, 4.69) is 4.90 Å². The lowest BCUT2D eigenvalue weighted by molar-refractivity contribution is -0.127. The van der Waals surface area contributed by atoms with E-state index in [4.69, 9.17) is 0 Å². The van der Waals surface area contributed by atoms with E-state index in [1.165, 1.54) is 12.8 Å². The van der Waals surface area contributed by atoms with Crippen molar-refractivity contribution >= 4 is 22.8 Å². The molecular formula is C10H20BrNO. The summed E-state index contributed by atoms with van der Waals surface area (Å²) >= 11 is 0. The summed E-state index contributed by atoms with van der Waals surface area (Å²) in [7, 11) is 0. The molecule has 1 aliphatic rings. The number of hydrogen-bond acceptors (Lipinski definition) is 2. The summed E-state index contributed by atoms with van der Waals surface area (Å²) in [6.07, 6.45) is 2.52. The topological polar surface area (TPSA) is 20.3 Å². The molecule has 0 aliphatic carbocycles. The van der Waals surface area contributed by atoms with Crippen LogP contribution in [0.5, 0.6) is 0 Å². The summed E-state index contributed by atoms with van der Waals surface area (Å²) in [4.78, 5) is 13.8. The fourth-order valence-corrected chi connectivity index (χ4v) is 1.38. The second-order valence-electron chi connectivity index (χ2n) is 4.66. The van der Waals surface area contributed by atoms with E-state index in [1.54, 1.807) is 0 Å². The molecule has 0 aromatic rings. The Morgan fingerprint density at radius 1 is 1.23 bits per heavy atom. The van der Waals surface area contributed by atoms with E-state index in [9.17, 15) is 4.79 Å². The van der Waals surface area contributed by atoms with Crippen LogP contribution in [0.25, 0.3) is 0 Å². The standard InChI is InChI=1S/C10H19NO.BrH/c1-10(2,3)9(12)8-11-6-4-5-7-11;/h4-8H2,1-3H3;1H. The number of nitrogens with zero attached hydrogens (tertiary/aromatic N) is 1. The molecular weight excluding hydrogens is 230 g/mol. The Kier molecular flexibility index (Phi) is 5.15. The van der Waals surface area contributed by atoms with Gasteiger partial charge < -0.3 is 0 Å². The highest BCUT2D eigenvalue weighted by atomic mass is 79.9. The minimum absolute atomic E-state index is 0. The molecule has 1 heterocycles. The van der Waals surface area contributed by atoms with Gasteiger partial charge in [-0.25, -0.2) is 0 Å². The zero-order chi connectivity index (χ0) is 9.19. The van der Waals surface area contributed by atoms with Gasteiger partial charge in [-0.1, -0.05) is 20.8 Å². The Balaban J connectivity index is 0.00000144. The smallest absolute Gasteiger partial charge is 0.152 e. The molecule has 2 nitrogen and oxygen atoms in total. The first kappa shape index (κ1) is 13.1. The minimum Gasteiger partial charge on any atom is -0.298 e. The van der Waals surface area contributed by atoms with Crippen LogP contribution in [-0.2, 0) is 4.79 Å². The molecule has 0 radical (unpaired) electrons. The van der Waals surface area contributed by atoms with Gasteiger partial charge in [0.25, 0.3) is 0 Å². The molecule has 0 aromatic heterocycles. The van der Waals surface area contributed by atoms with Crippen molar-refractivity contribution in [1.29, 1.82) is 0 Å². The maximum atomic E-state index is 11.6.